The lowest BCUT2D eigenvalue weighted by Crippen LogP contribution is -2.34. The van der Waals surface area contributed by atoms with Gasteiger partial charge in [0.2, 0.25) is 0 Å². The summed E-state index contributed by atoms with van der Waals surface area (Å²) in [6, 6.07) is 5.05. The van der Waals surface area contributed by atoms with Gasteiger partial charge in [-0.05, 0) is 25.1 Å². The normalized spacial score (nSPS) is 12.1. The third-order valence-corrected chi connectivity index (χ3v) is 2.97. The molecular formula is C14H17BrO4. The van der Waals surface area contributed by atoms with Crippen LogP contribution in [0.5, 0.6) is 5.75 Å². The largest absolute Gasteiger partial charge is 0.478 e. The van der Waals surface area contributed by atoms with Crippen molar-refractivity contribution in [3.05, 3.63) is 28.2 Å². The molecular weight excluding hydrogens is 312 g/mol. The van der Waals surface area contributed by atoms with Crippen molar-refractivity contribution >= 4 is 28.2 Å². The Bertz CT molecular complexity index is 457. The van der Waals surface area contributed by atoms with Crippen LogP contribution in [0.3, 0.4) is 0 Å². The van der Waals surface area contributed by atoms with Crippen LogP contribution in [-0.4, -0.2) is 25.0 Å². The summed E-state index contributed by atoms with van der Waals surface area (Å²) in [6.07, 6.45) is -0.0253. The van der Waals surface area contributed by atoms with Crippen molar-refractivity contribution < 1.29 is 19.1 Å². The number of esters is 1. The fraction of sp³-hybridized carbons (Fsp3) is 0.429. The first-order valence-electron chi connectivity index (χ1n) is 6.07. The number of rotatable bonds is 6. The Labute approximate surface area is 121 Å². The Morgan fingerprint density at radius 3 is 2.63 bits per heavy atom. The lowest BCUT2D eigenvalue weighted by Gasteiger charge is -2.21. The molecule has 0 aromatic heterocycles. The molecule has 1 aromatic carbocycles. The predicted octanol–water partition coefficient (Wildman–Crippen LogP) is 3.23. The molecule has 19 heavy (non-hydrogen) atoms. The zero-order valence-electron chi connectivity index (χ0n) is 11.2. The molecule has 0 aliphatic rings. The maximum Gasteiger partial charge on any atom is 0.347 e. The van der Waals surface area contributed by atoms with Gasteiger partial charge < -0.3 is 9.47 Å². The molecule has 5 heteroatoms. The summed E-state index contributed by atoms with van der Waals surface area (Å²) in [4.78, 5) is 22.8. The van der Waals surface area contributed by atoms with E-state index in [0.717, 1.165) is 4.47 Å². The highest BCUT2D eigenvalue weighted by atomic mass is 79.9. The van der Waals surface area contributed by atoms with Gasteiger partial charge in [0.15, 0.2) is 12.4 Å². The first-order valence-corrected chi connectivity index (χ1v) is 6.86. The van der Waals surface area contributed by atoms with Crippen molar-refractivity contribution in [2.75, 3.05) is 6.61 Å². The average Bonchev–Trinajstić information content (AvgIpc) is 2.36. The zero-order chi connectivity index (χ0) is 14.4. The summed E-state index contributed by atoms with van der Waals surface area (Å²) < 4.78 is 11.4. The lowest BCUT2D eigenvalue weighted by molar-refractivity contribution is -0.153. The molecule has 0 saturated carbocycles. The van der Waals surface area contributed by atoms with E-state index in [9.17, 15) is 9.59 Å². The number of aldehydes is 1. The quantitative estimate of drug-likeness (QED) is 0.594. The minimum atomic E-state index is -0.722. The van der Waals surface area contributed by atoms with Crippen LogP contribution in [-0.2, 0) is 9.53 Å². The SMILES string of the molecule is CCOC(=O)C(Oc1ccc(Br)cc1C=O)C(C)C. The molecule has 0 N–H and O–H groups in total. The molecule has 1 aromatic rings. The van der Waals surface area contributed by atoms with Crippen LogP contribution < -0.4 is 4.74 Å². The number of carbonyl (C=O) groups is 2. The van der Waals surface area contributed by atoms with Gasteiger partial charge in [-0.1, -0.05) is 29.8 Å². The molecule has 0 heterocycles. The number of carbonyl (C=O) groups excluding carboxylic acids is 2. The third-order valence-electron chi connectivity index (χ3n) is 2.48. The van der Waals surface area contributed by atoms with E-state index in [0.29, 0.717) is 24.2 Å². The highest BCUT2D eigenvalue weighted by Crippen LogP contribution is 2.24. The fourth-order valence-electron chi connectivity index (χ4n) is 1.54. The van der Waals surface area contributed by atoms with E-state index in [2.05, 4.69) is 15.9 Å². The van der Waals surface area contributed by atoms with Crippen molar-refractivity contribution in [1.29, 1.82) is 0 Å². The molecule has 0 fully saturated rings. The first kappa shape index (κ1) is 15.7. The number of hydrogen-bond acceptors (Lipinski definition) is 4. The van der Waals surface area contributed by atoms with Gasteiger partial charge in [0, 0.05) is 10.4 Å². The van der Waals surface area contributed by atoms with Crippen molar-refractivity contribution in [2.24, 2.45) is 5.92 Å². The molecule has 0 aliphatic heterocycles. The van der Waals surface area contributed by atoms with Crippen LogP contribution in [0, 0.1) is 5.92 Å². The van der Waals surface area contributed by atoms with Gasteiger partial charge in [-0.3, -0.25) is 4.79 Å². The van der Waals surface area contributed by atoms with Gasteiger partial charge >= 0.3 is 5.97 Å². The molecule has 0 aliphatic carbocycles. The van der Waals surface area contributed by atoms with E-state index in [1.807, 2.05) is 13.8 Å². The molecule has 1 rings (SSSR count). The van der Waals surface area contributed by atoms with Crippen LogP contribution in [0.1, 0.15) is 31.1 Å². The van der Waals surface area contributed by atoms with Crippen molar-refractivity contribution in [2.45, 2.75) is 26.9 Å². The lowest BCUT2D eigenvalue weighted by atomic mass is 10.1. The highest BCUT2D eigenvalue weighted by Gasteiger charge is 2.26. The summed E-state index contributed by atoms with van der Waals surface area (Å²) in [5.74, 6) is -0.0931. The van der Waals surface area contributed by atoms with Gasteiger partial charge in [0.05, 0.1) is 12.2 Å². The van der Waals surface area contributed by atoms with Gasteiger partial charge in [-0.25, -0.2) is 4.79 Å². The monoisotopic (exact) mass is 328 g/mol. The van der Waals surface area contributed by atoms with Crippen LogP contribution >= 0.6 is 15.9 Å². The summed E-state index contributed by atoms with van der Waals surface area (Å²) in [5, 5.41) is 0. The number of hydrogen-bond donors (Lipinski definition) is 0. The van der Waals surface area contributed by atoms with Crippen molar-refractivity contribution in [1.82, 2.24) is 0 Å². The first-order chi connectivity index (χ1) is 8.99. The molecule has 1 unspecified atom stereocenters. The summed E-state index contributed by atoms with van der Waals surface area (Å²) in [7, 11) is 0. The van der Waals surface area contributed by atoms with Crippen LogP contribution in [0.15, 0.2) is 22.7 Å². The Hall–Kier alpha value is -1.36. The Morgan fingerprint density at radius 2 is 2.11 bits per heavy atom. The summed E-state index contributed by atoms with van der Waals surface area (Å²) in [6.45, 7) is 5.76. The predicted molar refractivity (Wildman–Crippen MR) is 75.4 cm³/mol. The van der Waals surface area contributed by atoms with E-state index < -0.39 is 12.1 Å². The summed E-state index contributed by atoms with van der Waals surface area (Å²) >= 11 is 3.28. The molecule has 1 atom stereocenters. The Balaban J connectivity index is 2.96. The van der Waals surface area contributed by atoms with Gasteiger partial charge in [-0.15, -0.1) is 0 Å². The van der Waals surface area contributed by atoms with E-state index in [1.54, 1.807) is 25.1 Å². The second-order valence-electron chi connectivity index (χ2n) is 4.33. The van der Waals surface area contributed by atoms with E-state index in [1.165, 1.54) is 0 Å². The van der Waals surface area contributed by atoms with Crippen LogP contribution in [0.2, 0.25) is 0 Å². The topological polar surface area (TPSA) is 52.6 Å². The second kappa shape index (κ2) is 7.28. The van der Waals surface area contributed by atoms with E-state index in [4.69, 9.17) is 9.47 Å². The van der Waals surface area contributed by atoms with Gasteiger partial charge in [0.25, 0.3) is 0 Å². The fourth-order valence-corrected chi connectivity index (χ4v) is 1.92. The number of ether oxygens (including phenoxy) is 2. The molecule has 0 spiro atoms. The second-order valence-corrected chi connectivity index (χ2v) is 5.25. The minimum Gasteiger partial charge on any atom is -0.478 e. The summed E-state index contributed by atoms with van der Waals surface area (Å²) in [5.41, 5.74) is 0.393. The average molecular weight is 329 g/mol. The maximum atomic E-state index is 11.8. The third kappa shape index (κ3) is 4.35. The zero-order valence-corrected chi connectivity index (χ0v) is 12.8. The van der Waals surface area contributed by atoms with Crippen LogP contribution in [0.4, 0.5) is 0 Å². The molecule has 104 valence electrons. The molecule has 0 bridgehead atoms. The standard InChI is InChI=1S/C14H17BrO4/c1-4-18-14(17)13(9(2)3)19-12-6-5-11(15)7-10(12)8-16/h5-9,13H,4H2,1-3H3. The number of benzene rings is 1. The Kier molecular flexibility index (Phi) is 6.02. The van der Waals surface area contributed by atoms with Gasteiger partial charge in [-0.2, -0.15) is 0 Å². The molecule has 0 amide bonds. The van der Waals surface area contributed by atoms with Crippen molar-refractivity contribution in [3.8, 4) is 5.75 Å². The van der Waals surface area contributed by atoms with Crippen LogP contribution in [0.25, 0.3) is 0 Å². The molecule has 4 nitrogen and oxygen atoms in total. The Morgan fingerprint density at radius 1 is 1.42 bits per heavy atom. The number of halogens is 1. The minimum absolute atomic E-state index is 0.0535. The molecule has 0 saturated heterocycles. The molecule has 0 radical (unpaired) electrons. The van der Waals surface area contributed by atoms with E-state index in [-0.39, 0.29) is 5.92 Å². The maximum absolute atomic E-state index is 11.8. The van der Waals surface area contributed by atoms with Crippen molar-refractivity contribution in [3.63, 3.8) is 0 Å². The van der Waals surface area contributed by atoms with E-state index >= 15 is 0 Å². The smallest absolute Gasteiger partial charge is 0.347 e. The highest BCUT2D eigenvalue weighted by molar-refractivity contribution is 9.10. The van der Waals surface area contributed by atoms with Gasteiger partial charge in [0.1, 0.15) is 5.75 Å².